The molecule has 1 aliphatic rings. The van der Waals surface area contributed by atoms with Gasteiger partial charge in [-0.15, -0.1) is 0 Å². The molecular formula is C16H16F3NO. The number of benzene rings is 1. The number of carbonyl (C=O) groups excluding carboxylic acids is 1. The van der Waals surface area contributed by atoms with E-state index in [0.29, 0.717) is 5.56 Å². The van der Waals surface area contributed by atoms with Crippen LogP contribution in [0.15, 0.2) is 30.3 Å². The fraction of sp³-hybridized carbons (Fsp3) is 0.500. The highest BCUT2D eigenvalue weighted by Crippen LogP contribution is 2.40. The molecule has 0 N–H and O–H groups in total. The lowest BCUT2D eigenvalue weighted by Gasteiger charge is -2.29. The molecule has 0 saturated heterocycles. The highest BCUT2D eigenvalue weighted by Gasteiger charge is 2.43. The Morgan fingerprint density at radius 1 is 1.14 bits per heavy atom. The van der Waals surface area contributed by atoms with Crippen molar-refractivity contribution < 1.29 is 18.0 Å². The zero-order valence-corrected chi connectivity index (χ0v) is 11.4. The SMILES string of the molecule is N#CC(C(=O)C1CCC(C(F)(F)F)CC1)c1ccccc1. The normalized spacial score (nSPS) is 24.1. The average Bonchev–Trinajstić information content (AvgIpc) is 2.48. The number of nitrogens with zero attached hydrogens (tertiary/aromatic N) is 1. The molecular weight excluding hydrogens is 279 g/mol. The van der Waals surface area contributed by atoms with E-state index in [0.717, 1.165) is 0 Å². The molecule has 1 aromatic rings. The molecule has 1 fully saturated rings. The quantitative estimate of drug-likeness (QED) is 0.837. The van der Waals surface area contributed by atoms with Crippen LogP contribution < -0.4 is 0 Å². The van der Waals surface area contributed by atoms with Gasteiger partial charge in [-0.1, -0.05) is 30.3 Å². The van der Waals surface area contributed by atoms with Crippen LogP contribution in [-0.4, -0.2) is 12.0 Å². The smallest absolute Gasteiger partial charge is 0.298 e. The number of ketones is 1. The van der Waals surface area contributed by atoms with Crippen molar-refractivity contribution in [1.29, 1.82) is 5.26 Å². The fourth-order valence-corrected chi connectivity index (χ4v) is 2.89. The van der Waals surface area contributed by atoms with Crippen LogP contribution in [0, 0.1) is 23.2 Å². The highest BCUT2D eigenvalue weighted by atomic mass is 19.4. The van der Waals surface area contributed by atoms with Crippen molar-refractivity contribution in [2.24, 2.45) is 11.8 Å². The third-order valence-electron chi connectivity index (χ3n) is 4.14. The maximum absolute atomic E-state index is 12.6. The van der Waals surface area contributed by atoms with Gasteiger partial charge >= 0.3 is 6.18 Å². The van der Waals surface area contributed by atoms with Crippen molar-refractivity contribution >= 4 is 5.78 Å². The highest BCUT2D eigenvalue weighted by molar-refractivity contribution is 5.90. The lowest BCUT2D eigenvalue weighted by Crippen LogP contribution is -2.31. The van der Waals surface area contributed by atoms with Crippen molar-refractivity contribution in [3.8, 4) is 6.07 Å². The maximum Gasteiger partial charge on any atom is 0.391 e. The summed E-state index contributed by atoms with van der Waals surface area (Å²) in [5.74, 6) is -2.87. The van der Waals surface area contributed by atoms with Gasteiger partial charge in [0.1, 0.15) is 5.92 Å². The summed E-state index contributed by atoms with van der Waals surface area (Å²) in [6.07, 6.45) is -3.79. The first kappa shape index (κ1) is 15.6. The summed E-state index contributed by atoms with van der Waals surface area (Å²) in [4.78, 5) is 12.4. The molecule has 112 valence electrons. The first-order valence-electron chi connectivity index (χ1n) is 6.98. The molecule has 2 rings (SSSR count). The van der Waals surface area contributed by atoms with E-state index in [2.05, 4.69) is 0 Å². The molecule has 21 heavy (non-hydrogen) atoms. The van der Waals surface area contributed by atoms with Crippen LogP contribution in [0.2, 0.25) is 0 Å². The Morgan fingerprint density at radius 3 is 2.19 bits per heavy atom. The van der Waals surface area contributed by atoms with E-state index in [1.807, 2.05) is 6.07 Å². The largest absolute Gasteiger partial charge is 0.391 e. The Labute approximate surface area is 121 Å². The number of carbonyl (C=O) groups is 1. The number of Topliss-reactive ketones (excluding diaryl/α,β-unsaturated/α-hetero) is 1. The van der Waals surface area contributed by atoms with Gasteiger partial charge in [-0.3, -0.25) is 4.79 Å². The van der Waals surface area contributed by atoms with E-state index in [9.17, 15) is 23.2 Å². The molecule has 0 bridgehead atoms. The molecule has 0 heterocycles. The summed E-state index contributed by atoms with van der Waals surface area (Å²) in [7, 11) is 0. The summed E-state index contributed by atoms with van der Waals surface area (Å²) >= 11 is 0. The van der Waals surface area contributed by atoms with Gasteiger partial charge in [0, 0.05) is 5.92 Å². The van der Waals surface area contributed by atoms with Gasteiger partial charge in [-0.2, -0.15) is 18.4 Å². The minimum atomic E-state index is -4.18. The lowest BCUT2D eigenvalue weighted by molar-refractivity contribution is -0.184. The van der Waals surface area contributed by atoms with Gasteiger partial charge in [-0.05, 0) is 31.2 Å². The minimum Gasteiger partial charge on any atom is -0.298 e. The molecule has 5 heteroatoms. The zero-order valence-electron chi connectivity index (χ0n) is 11.4. The zero-order chi connectivity index (χ0) is 15.5. The van der Waals surface area contributed by atoms with Crippen LogP contribution in [0.1, 0.15) is 37.2 Å². The summed E-state index contributed by atoms with van der Waals surface area (Å²) in [6.45, 7) is 0. The Hall–Kier alpha value is -1.83. The Kier molecular flexibility index (Phi) is 4.66. The van der Waals surface area contributed by atoms with E-state index < -0.39 is 23.9 Å². The molecule has 1 saturated carbocycles. The third kappa shape index (κ3) is 3.63. The topological polar surface area (TPSA) is 40.9 Å². The molecule has 1 atom stereocenters. The maximum atomic E-state index is 12.6. The Balaban J connectivity index is 2.03. The standard InChI is InChI=1S/C16H16F3NO/c17-16(18,19)13-8-6-12(7-9-13)15(21)14(10-20)11-4-2-1-3-5-11/h1-5,12-14H,6-9H2. The third-order valence-corrected chi connectivity index (χ3v) is 4.14. The van der Waals surface area contributed by atoms with Crippen LogP contribution in [0.4, 0.5) is 13.2 Å². The molecule has 0 aromatic heterocycles. The van der Waals surface area contributed by atoms with Gasteiger partial charge in [0.2, 0.25) is 0 Å². The molecule has 0 spiro atoms. The van der Waals surface area contributed by atoms with Crippen LogP contribution >= 0.6 is 0 Å². The van der Waals surface area contributed by atoms with Crippen molar-refractivity contribution in [2.45, 2.75) is 37.8 Å². The lowest BCUT2D eigenvalue weighted by atomic mass is 9.76. The van der Waals surface area contributed by atoms with E-state index in [4.69, 9.17) is 0 Å². The first-order valence-corrected chi connectivity index (χ1v) is 6.98. The predicted octanol–water partition coefficient (Wildman–Crippen LogP) is 4.23. The first-order chi connectivity index (χ1) is 9.93. The number of nitriles is 1. The van der Waals surface area contributed by atoms with Crippen LogP contribution in [0.5, 0.6) is 0 Å². The molecule has 1 unspecified atom stereocenters. The van der Waals surface area contributed by atoms with Crippen molar-refractivity contribution in [2.75, 3.05) is 0 Å². The summed E-state index contributed by atoms with van der Waals surface area (Å²) in [5, 5.41) is 9.21. The molecule has 0 radical (unpaired) electrons. The van der Waals surface area contributed by atoms with E-state index in [1.54, 1.807) is 30.3 Å². The van der Waals surface area contributed by atoms with Gasteiger partial charge in [0.15, 0.2) is 5.78 Å². The monoisotopic (exact) mass is 295 g/mol. The van der Waals surface area contributed by atoms with Crippen LogP contribution in [0.25, 0.3) is 0 Å². The fourth-order valence-electron chi connectivity index (χ4n) is 2.89. The number of rotatable bonds is 3. The van der Waals surface area contributed by atoms with Crippen molar-refractivity contribution in [3.05, 3.63) is 35.9 Å². The molecule has 2 nitrogen and oxygen atoms in total. The van der Waals surface area contributed by atoms with Gasteiger partial charge in [0.05, 0.1) is 12.0 Å². The molecule has 0 amide bonds. The predicted molar refractivity (Wildman–Crippen MR) is 71.3 cm³/mol. The molecule has 0 aliphatic heterocycles. The van der Waals surface area contributed by atoms with Gasteiger partial charge in [0.25, 0.3) is 0 Å². The van der Waals surface area contributed by atoms with Crippen molar-refractivity contribution in [3.63, 3.8) is 0 Å². The van der Waals surface area contributed by atoms with Crippen LogP contribution in [-0.2, 0) is 4.79 Å². The Morgan fingerprint density at radius 2 is 1.71 bits per heavy atom. The summed E-state index contributed by atoms with van der Waals surface area (Å²) in [6, 6.07) is 10.7. The second-order valence-corrected chi connectivity index (χ2v) is 5.47. The minimum absolute atomic E-state index is 0.0210. The van der Waals surface area contributed by atoms with E-state index in [-0.39, 0.29) is 31.5 Å². The van der Waals surface area contributed by atoms with E-state index in [1.165, 1.54) is 0 Å². The van der Waals surface area contributed by atoms with Gasteiger partial charge < -0.3 is 0 Å². The second-order valence-electron chi connectivity index (χ2n) is 5.47. The van der Waals surface area contributed by atoms with Crippen molar-refractivity contribution in [1.82, 2.24) is 0 Å². The van der Waals surface area contributed by atoms with Crippen LogP contribution in [0.3, 0.4) is 0 Å². The number of hydrogen-bond donors (Lipinski definition) is 0. The molecule has 1 aromatic carbocycles. The number of halogens is 3. The number of alkyl halides is 3. The second kappa shape index (κ2) is 6.30. The average molecular weight is 295 g/mol. The summed E-state index contributed by atoms with van der Waals surface area (Å²) in [5.41, 5.74) is 0.614. The van der Waals surface area contributed by atoms with Gasteiger partial charge in [-0.25, -0.2) is 0 Å². The van der Waals surface area contributed by atoms with E-state index >= 15 is 0 Å². The Bertz CT molecular complexity index is 525. The number of hydrogen-bond acceptors (Lipinski definition) is 2. The molecule has 1 aliphatic carbocycles. The summed E-state index contributed by atoms with van der Waals surface area (Å²) < 4.78 is 37.9.